The predicted octanol–water partition coefficient (Wildman–Crippen LogP) is 3.06. The minimum absolute atomic E-state index is 0.141. The van der Waals surface area contributed by atoms with Gasteiger partial charge in [-0.15, -0.1) is 0 Å². The van der Waals surface area contributed by atoms with Gasteiger partial charge in [-0.05, 0) is 49.6 Å². The van der Waals surface area contributed by atoms with Gasteiger partial charge in [-0.2, -0.15) is 4.31 Å². The largest absolute Gasteiger partial charge is 0.495 e. The van der Waals surface area contributed by atoms with E-state index in [9.17, 15) is 13.2 Å². The number of methoxy groups -OCH3 is 3. The average molecular weight is 449 g/mol. The van der Waals surface area contributed by atoms with Gasteiger partial charge in [0, 0.05) is 30.8 Å². The van der Waals surface area contributed by atoms with Crippen LogP contribution in [0.15, 0.2) is 41.3 Å². The molecule has 0 aromatic heterocycles. The molecule has 2 aromatic rings. The van der Waals surface area contributed by atoms with Gasteiger partial charge in [0.2, 0.25) is 15.9 Å². The zero-order chi connectivity index (χ0) is 22.6. The fourth-order valence-electron chi connectivity index (χ4n) is 3.64. The van der Waals surface area contributed by atoms with E-state index < -0.39 is 10.0 Å². The number of anilines is 1. The first kappa shape index (κ1) is 22.9. The van der Waals surface area contributed by atoms with Gasteiger partial charge in [0.15, 0.2) is 11.5 Å². The summed E-state index contributed by atoms with van der Waals surface area (Å²) in [5, 5.41) is 2.89. The smallest absolute Gasteiger partial charge is 0.246 e. The van der Waals surface area contributed by atoms with Crippen molar-refractivity contribution in [2.24, 2.45) is 5.92 Å². The second-order valence-electron chi connectivity index (χ2n) is 7.39. The number of rotatable bonds is 7. The van der Waals surface area contributed by atoms with Crippen molar-refractivity contribution in [3.63, 3.8) is 0 Å². The highest BCUT2D eigenvalue weighted by Crippen LogP contribution is 2.32. The van der Waals surface area contributed by atoms with Crippen molar-refractivity contribution in [3.05, 3.63) is 42.0 Å². The van der Waals surface area contributed by atoms with Crippen LogP contribution < -0.4 is 19.5 Å². The topological polar surface area (TPSA) is 94.2 Å². The van der Waals surface area contributed by atoms with Crippen LogP contribution in [-0.4, -0.2) is 53.0 Å². The fraction of sp³-hybridized carbons (Fsp3) is 0.409. The maximum absolute atomic E-state index is 13.1. The summed E-state index contributed by atoms with van der Waals surface area (Å²) in [6.45, 7) is 2.37. The number of sulfonamides is 1. The molecule has 0 unspecified atom stereocenters. The third-order valence-corrected chi connectivity index (χ3v) is 7.33. The van der Waals surface area contributed by atoms with Crippen LogP contribution in [0.5, 0.6) is 17.2 Å². The van der Waals surface area contributed by atoms with E-state index in [0.717, 1.165) is 5.56 Å². The fourth-order valence-corrected chi connectivity index (χ4v) is 5.35. The first-order valence-corrected chi connectivity index (χ1v) is 11.4. The standard InChI is InChI=1S/C22H28N2O6S/c1-15-5-7-19(29-3)21(13-15)31(26,27)24-11-9-16(10-12-24)22(25)23-17-6-8-18(28-2)20(14-17)30-4/h5-8,13-14,16H,9-12H2,1-4H3,(H,23,25). The number of nitrogens with zero attached hydrogens (tertiary/aromatic N) is 1. The molecule has 1 N–H and O–H groups in total. The van der Waals surface area contributed by atoms with Gasteiger partial charge in [-0.3, -0.25) is 4.79 Å². The number of piperidine rings is 1. The number of benzene rings is 2. The van der Waals surface area contributed by atoms with Gasteiger partial charge < -0.3 is 19.5 Å². The molecule has 0 spiro atoms. The molecule has 0 atom stereocenters. The lowest BCUT2D eigenvalue weighted by Crippen LogP contribution is -2.41. The summed E-state index contributed by atoms with van der Waals surface area (Å²) in [6, 6.07) is 10.2. The highest BCUT2D eigenvalue weighted by molar-refractivity contribution is 7.89. The Morgan fingerprint density at radius 2 is 1.55 bits per heavy atom. The molecule has 1 aliphatic rings. The van der Waals surface area contributed by atoms with Crippen LogP contribution in [0.2, 0.25) is 0 Å². The highest BCUT2D eigenvalue weighted by Gasteiger charge is 2.33. The number of carbonyl (C=O) groups is 1. The summed E-state index contributed by atoms with van der Waals surface area (Å²) in [4.78, 5) is 12.9. The molecule has 1 heterocycles. The van der Waals surface area contributed by atoms with E-state index in [1.165, 1.54) is 18.5 Å². The van der Waals surface area contributed by atoms with Crippen molar-refractivity contribution < 1.29 is 27.4 Å². The van der Waals surface area contributed by atoms with Crippen molar-refractivity contribution in [1.29, 1.82) is 0 Å². The molecule has 1 fully saturated rings. The molecule has 0 radical (unpaired) electrons. The molecule has 31 heavy (non-hydrogen) atoms. The van der Waals surface area contributed by atoms with E-state index in [-0.39, 0.29) is 29.8 Å². The number of carbonyl (C=O) groups excluding carboxylic acids is 1. The Balaban J connectivity index is 1.66. The molecule has 3 rings (SSSR count). The van der Waals surface area contributed by atoms with Crippen LogP contribution >= 0.6 is 0 Å². The first-order valence-electron chi connectivity index (χ1n) is 9.97. The monoisotopic (exact) mass is 448 g/mol. The van der Waals surface area contributed by atoms with Crippen LogP contribution in [0.1, 0.15) is 18.4 Å². The molecule has 1 amide bonds. The number of nitrogens with one attached hydrogen (secondary N) is 1. The molecule has 0 bridgehead atoms. The van der Waals surface area contributed by atoms with Crippen LogP contribution in [0.3, 0.4) is 0 Å². The van der Waals surface area contributed by atoms with Gasteiger partial charge in [0.05, 0.1) is 21.3 Å². The third kappa shape index (κ3) is 4.94. The van der Waals surface area contributed by atoms with Crippen LogP contribution in [0.4, 0.5) is 5.69 Å². The average Bonchev–Trinajstić information content (AvgIpc) is 2.79. The molecule has 2 aromatic carbocycles. The zero-order valence-corrected chi connectivity index (χ0v) is 19.0. The minimum Gasteiger partial charge on any atom is -0.495 e. The van der Waals surface area contributed by atoms with E-state index in [4.69, 9.17) is 14.2 Å². The number of hydrogen-bond donors (Lipinski definition) is 1. The SMILES string of the molecule is COc1ccc(NC(=O)C2CCN(S(=O)(=O)c3cc(C)ccc3OC)CC2)cc1OC. The van der Waals surface area contributed by atoms with Crippen LogP contribution in [-0.2, 0) is 14.8 Å². The van der Waals surface area contributed by atoms with E-state index >= 15 is 0 Å². The minimum atomic E-state index is -3.71. The molecule has 9 heteroatoms. The lowest BCUT2D eigenvalue weighted by atomic mass is 9.97. The highest BCUT2D eigenvalue weighted by atomic mass is 32.2. The van der Waals surface area contributed by atoms with Crippen LogP contribution in [0.25, 0.3) is 0 Å². The van der Waals surface area contributed by atoms with E-state index in [1.54, 1.807) is 37.4 Å². The van der Waals surface area contributed by atoms with Crippen molar-refractivity contribution in [2.75, 3.05) is 39.7 Å². The van der Waals surface area contributed by atoms with Gasteiger partial charge in [-0.1, -0.05) is 6.07 Å². The van der Waals surface area contributed by atoms with E-state index in [1.807, 2.05) is 13.0 Å². The van der Waals surface area contributed by atoms with Gasteiger partial charge in [-0.25, -0.2) is 8.42 Å². The van der Waals surface area contributed by atoms with Crippen LogP contribution in [0, 0.1) is 12.8 Å². The van der Waals surface area contributed by atoms with E-state index in [0.29, 0.717) is 35.8 Å². The number of aryl methyl sites for hydroxylation is 1. The van der Waals surface area contributed by atoms with E-state index in [2.05, 4.69) is 5.32 Å². The Kier molecular flexibility index (Phi) is 7.07. The third-order valence-electron chi connectivity index (χ3n) is 5.41. The Hall–Kier alpha value is -2.78. The summed E-state index contributed by atoms with van der Waals surface area (Å²) < 4.78 is 43.4. The lowest BCUT2D eigenvalue weighted by Gasteiger charge is -2.31. The normalized spacial score (nSPS) is 15.4. The van der Waals surface area contributed by atoms with Crippen molar-refractivity contribution in [1.82, 2.24) is 4.31 Å². The maximum Gasteiger partial charge on any atom is 0.246 e. The second kappa shape index (κ2) is 9.57. The maximum atomic E-state index is 13.1. The van der Waals surface area contributed by atoms with Gasteiger partial charge in [0.1, 0.15) is 10.6 Å². The Morgan fingerprint density at radius 3 is 2.16 bits per heavy atom. The van der Waals surface area contributed by atoms with Crippen molar-refractivity contribution in [2.45, 2.75) is 24.7 Å². The molecule has 1 saturated heterocycles. The first-order chi connectivity index (χ1) is 14.8. The molecule has 168 valence electrons. The number of amides is 1. The Labute approximate surface area is 183 Å². The van der Waals surface area contributed by atoms with Gasteiger partial charge >= 0.3 is 0 Å². The van der Waals surface area contributed by atoms with Gasteiger partial charge in [0.25, 0.3) is 0 Å². The number of ether oxygens (including phenoxy) is 3. The number of hydrogen-bond acceptors (Lipinski definition) is 6. The molecule has 0 aliphatic carbocycles. The summed E-state index contributed by atoms with van der Waals surface area (Å²) in [7, 11) is 0.823. The molecular formula is C22H28N2O6S. The summed E-state index contributed by atoms with van der Waals surface area (Å²) in [6.07, 6.45) is 0.874. The molecule has 0 saturated carbocycles. The van der Waals surface area contributed by atoms with Crippen molar-refractivity contribution in [3.8, 4) is 17.2 Å². The summed E-state index contributed by atoms with van der Waals surface area (Å²) in [5.41, 5.74) is 1.44. The second-order valence-corrected chi connectivity index (χ2v) is 9.30. The summed E-state index contributed by atoms with van der Waals surface area (Å²) in [5.74, 6) is 0.995. The zero-order valence-electron chi connectivity index (χ0n) is 18.2. The predicted molar refractivity (Wildman–Crippen MR) is 117 cm³/mol. The molecular weight excluding hydrogens is 420 g/mol. The Morgan fingerprint density at radius 1 is 0.935 bits per heavy atom. The molecule has 1 aliphatic heterocycles. The summed E-state index contributed by atoms with van der Waals surface area (Å²) >= 11 is 0. The van der Waals surface area contributed by atoms with Crippen molar-refractivity contribution >= 4 is 21.6 Å². The Bertz CT molecular complexity index is 1050. The lowest BCUT2D eigenvalue weighted by molar-refractivity contribution is -0.120. The molecule has 8 nitrogen and oxygen atoms in total. The quantitative estimate of drug-likeness (QED) is 0.700.